The molecule has 0 bridgehead atoms. The van der Waals surface area contributed by atoms with Crippen molar-refractivity contribution in [1.29, 1.82) is 0 Å². The lowest BCUT2D eigenvalue weighted by molar-refractivity contribution is 1.27. The molecule has 0 N–H and O–H groups in total. The monoisotopic (exact) mass is 344 g/mol. The van der Waals surface area contributed by atoms with Crippen LogP contribution in [0.4, 0.5) is 0 Å². The van der Waals surface area contributed by atoms with Crippen molar-refractivity contribution in [1.82, 2.24) is 0 Å². The van der Waals surface area contributed by atoms with Crippen molar-refractivity contribution in [2.75, 3.05) is 0 Å². The van der Waals surface area contributed by atoms with E-state index in [0.29, 0.717) is 0 Å². The van der Waals surface area contributed by atoms with Crippen LogP contribution >= 0.6 is 0 Å². The normalized spacial score (nSPS) is 12.1. The van der Waals surface area contributed by atoms with Gasteiger partial charge >= 0.3 is 0 Å². The first kappa shape index (κ1) is 20.8. The van der Waals surface area contributed by atoms with Gasteiger partial charge in [-0.15, -0.1) is 45.2 Å². The van der Waals surface area contributed by atoms with Crippen molar-refractivity contribution >= 4 is 24.9 Å². The summed E-state index contributed by atoms with van der Waals surface area (Å²) in [6.45, 7) is 26.2. The summed E-state index contributed by atoms with van der Waals surface area (Å²) in [5.74, 6) is 0. The van der Waals surface area contributed by atoms with Crippen LogP contribution in [0.5, 0.6) is 0 Å². The van der Waals surface area contributed by atoms with E-state index >= 15 is 0 Å². The first-order valence-corrected chi connectivity index (χ1v) is 15.1. The van der Waals surface area contributed by atoms with Gasteiger partial charge in [0.15, 0.2) is 0 Å². The third-order valence-corrected chi connectivity index (χ3v) is 15.7. The predicted octanol–water partition coefficient (Wildman–Crippen LogP) is 5.58. The molecule has 0 atom stereocenters. The lowest BCUT2D eigenvalue weighted by Crippen LogP contribution is -2.31. The molecule has 0 aromatic heterocycles. The number of hydrogen-bond acceptors (Lipinski definition) is 0. The average Bonchev–Trinajstić information content (AvgIpc) is 2.58. The minimum atomic E-state index is -1.67. The summed E-state index contributed by atoms with van der Waals surface area (Å²) in [6.07, 6.45) is 2.22. The van der Waals surface area contributed by atoms with Crippen molar-refractivity contribution in [2.24, 2.45) is 0 Å². The Morgan fingerprint density at radius 1 is 0.682 bits per heavy atom. The Kier molecular flexibility index (Phi) is 9.98. The molecule has 0 unspecified atom stereocenters. The topological polar surface area (TPSA) is 0 Å². The van der Waals surface area contributed by atoms with Crippen LogP contribution in [0.3, 0.4) is 0 Å². The number of hydrogen-bond donors (Lipinski definition) is 0. The Balaban J connectivity index is 4.88. The highest BCUT2D eigenvalue weighted by atomic mass is 28.3. The molecule has 120 valence electrons. The van der Waals surface area contributed by atoms with Crippen LogP contribution < -0.4 is 0 Å². The molecule has 0 amide bonds. The van der Waals surface area contributed by atoms with Gasteiger partial charge in [-0.3, -0.25) is 0 Å². The van der Waals surface area contributed by atoms with Crippen molar-refractivity contribution in [2.45, 2.75) is 31.1 Å². The van der Waals surface area contributed by atoms with E-state index in [1.54, 1.807) is 0 Å². The van der Waals surface area contributed by atoms with Crippen LogP contribution in [0.15, 0.2) is 85.4 Å². The molecule has 0 fully saturated rings. The SMILES string of the molecule is C=C[Si](C=C)(C=C)CC[SiH](C=CC)CC[Si](C=C)(C=C)C=C. The Morgan fingerprint density at radius 2 is 1.00 bits per heavy atom. The van der Waals surface area contributed by atoms with E-state index in [2.05, 4.69) is 92.4 Å². The minimum absolute atomic E-state index is 0.915. The van der Waals surface area contributed by atoms with Crippen molar-refractivity contribution in [3.8, 4) is 0 Å². The van der Waals surface area contributed by atoms with E-state index in [-0.39, 0.29) is 0 Å². The molecule has 0 radical (unpaired) electrons. The quantitative estimate of drug-likeness (QED) is 0.383. The molecule has 0 aromatic carbocycles. The lowest BCUT2D eigenvalue weighted by Gasteiger charge is -2.24. The highest BCUT2D eigenvalue weighted by Crippen LogP contribution is 2.24. The summed E-state index contributed by atoms with van der Waals surface area (Å²) in [4.78, 5) is 0. The molecule has 0 aliphatic rings. The molecule has 0 rings (SSSR count). The average molecular weight is 345 g/mol. The number of allylic oxidation sites excluding steroid dienone is 1. The second-order valence-electron chi connectivity index (χ2n) is 5.81. The van der Waals surface area contributed by atoms with Gasteiger partial charge in [-0.1, -0.05) is 52.4 Å². The van der Waals surface area contributed by atoms with E-state index < -0.39 is 24.9 Å². The minimum Gasteiger partial charge on any atom is -0.106 e. The van der Waals surface area contributed by atoms with E-state index in [1.807, 2.05) is 0 Å². The van der Waals surface area contributed by atoms with Crippen LogP contribution in [0.2, 0.25) is 24.2 Å². The smallest absolute Gasteiger partial charge is 0.106 e. The molecule has 0 nitrogen and oxygen atoms in total. The number of rotatable bonds is 13. The molecule has 0 saturated carbocycles. The molecule has 0 heterocycles. The Bertz CT molecular complexity index is 366. The summed E-state index contributed by atoms with van der Waals surface area (Å²) < 4.78 is 0. The van der Waals surface area contributed by atoms with Gasteiger partial charge in [-0.05, 0) is 19.0 Å². The molecular weight excluding hydrogens is 312 g/mol. The highest BCUT2D eigenvalue weighted by Gasteiger charge is 2.26. The maximum absolute atomic E-state index is 4.01. The van der Waals surface area contributed by atoms with Gasteiger partial charge in [-0.2, -0.15) is 0 Å². The second kappa shape index (κ2) is 10.5. The Morgan fingerprint density at radius 3 is 1.23 bits per heavy atom. The molecule has 0 spiro atoms. The van der Waals surface area contributed by atoms with E-state index in [0.717, 1.165) is 0 Å². The van der Waals surface area contributed by atoms with Gasteiger partial charge in [0.2, 0.25) is 0 Å². The summed E-state index contributed by atoms with van der Waals surface area (Å²) in [5.41, 5.74) is 15.1. The zero-order valence-corrected chi connectivity index (χ0v) is 17.4. The Labute approximate surface area is 141 Å². The largest absolute Gasteiger partial charge is 0.124 e. The van der Waals surface area contributed by atoms with Gasteiger partial charge in [0.25, 0.3) is 0 Å². The second-order valence-corrected chi connectivity index (χ2v) is 16.8. The van der Waals surface area contributed by atoms with E-state index in [9.17, 15) is 0 Å². The summed E-state index contributed by atoms with van der Waals surface area (Å²) in [5, 5.41) is 0. The highest BCUT2D eigenvalue weighted by molar-refractivity contribution is 6.94. The summed E-state index contributed by atoms with van der Waals surface area (Å²) in [7, 11) is -4.25. The first-order valence-electron chi connectivity index (χ1n) is 7.95. The summed E-state index contributed by atoms with van der Waals surface area (Å²) >= 11 is 0. The molecule has 3 heteroatoms. The Hall–Kier alpha value is -1.17. The van der Waals surface area contributed by atoms with Crippen molar-refractivity contribution < 1.29 is 0 Å². The fourth-order valence-electron chi connectivity index (χ4n) is 2.59. The van der Waals surface area contributed by atoms with Crippen LogP contribution in [-0.2, 0) is 0 Å². The molecule has 0 aromatic rings. The molecule has 0 aliphatic carbocycles. The molecule has 0 saturated heterocycles. The van der Waals surface area contributed by atoms with Gasteiger partial charge < -0.3 is 0 Å². The summed E-state index contributed by atoms with van der Waals surface area (Å²) in [6, 6.07) is 4.96. The van der Waals surface area contributed by atoms with Crippen molar-refractivity contribution in [3.63, 3.8) is 0 Å². The van der Waals surface area contributed by atoms with Gasteiger partial charge in [0.05, 0.1) is 8.80 Å². The van der Waals surface area contributed by atoms with Crippen molar-refractivity contribution in [3.05, 3.63) is 85.4 Å². The standard InChI is InChI=1S/C19H32Si3/c1-8-15-20(16-18-21(9-2,10-3)11-4)17-19-22(12-5,13-6)14-7/h8-15,20H,2-7,16-19H2,1H3. The molecule has 22 heavy (non-hydrogen) atoms. The lowest BCUT2D eigenvalue weighted by atomic mass is 10.8. The van der Waals surface area contributed by atoms with Crippen LogP contribution in [-0.4, -0.2) is 24.9 Å². The zero-order valence-electron chi connectivity index (χ0n) is 14.3. The maximum atomic E-state index is 4.01. The maximum Gasteiger partial charge on any atom is 0.124 e. The first-order chi connectivity index (χ1) is 10.5. The molecule has 0 aliphatic heterocycles. The van der Waals surface area contributed by atoms with Gasteiger partial charge in [0.1, 0.15) is 16.1 Å². The van der Waals surface area contributed by atoms with Crippen LogP contribution in [0.25, 0.3) is 0 Å². The van der Waals surface area contributed by atoms with Gasteiger partial charge in [0, 0.05) is 0 Å². The fourth-order valence-corrected chi connectivity index (χ4v) is 13.0. The van der Waals surface area contributed by atoms with E-state index in [4.69, 9.17) is 0 Å². The van der Waals surface area contributed by atoms with E-state index in [1.165, 1.54) is 24.2 Å². The fraction of sp³-hybridized carbons (Fsp3) is 0.263. The van der Waals surface area contributed by atoms with Crippen LogP contribution in [0, 0.1) is 0 Å². The van der Waals surface area contributed by atoms with Gasteiger partial charge in [-0.25, -0.2) is 0 Å². The third kappa shape index (κ3) is 5.91. The third-order valence-electron chi connectivity index (χ3n) is 4.64. The van der Waals surface area contributed by atoms with Crippen LogP contribution in [0.1, 0.15) is 6.92 Å². The predicted molar refractivity (Wildman–Crippen MR) is 114 cm³/mol. The zero-order chi connectivity index (χ0) is 17.1. The molecular formula is C19H32Si3.